The van der Waals surface area contributed by atoms with Crippen LogP contribution in [0, 0.1) is 5.92 Å². The molecule has 0 radical (unpaired) electrons. The summed E-state index contributed by atoms with van der Waals surface area (Å²) in [6.07, 6.45) is 0.775. The van der Waals surface area contributed by atoms with Crippen LogP contribution in [-0.2, 0) is 14.3 Å². The highest BCUT2D eigenvalue weighted by Gasteiger charge is 2.28. The van der Waals surface area contributed by atoms with E-state index in [1.165, 1.54) is 18.3 Å². The van der Waals surface area contributed by atoms with Gasteiger partial charge in [0.1, 0.15) is 5.71 Å². The Hall–Kier alpha value is -2.52. The number of nitrogens with zero attached hydrogens (tertiary/aromatic N) is 2. The summed E-state index contributed by atoms with van der Waals surface area (Å²) in [4.78, 5) is 24.6. The Morgan fingerprint density at radius 2 is 1.67 bits per heavy atom. The van der Waals surface area contributed by atoms with Crippen molar-refractivity contribution in [3.05, 3.63) is 44.8 Å². The van der Waals surface area contributed by atoms with Crippen molar-refractivity contribution in [2.45, 2.75) is 27.2 Å². The van der Waals surface area contributed by atoms with Gasteiger partial charge in [-0.2, -0.15) is 0 Å². The highest BCUT2D eigenvalue weighted by molar-refractivity contribution is 7.12. The second kappa shape index (κ2) is 12.0. The molecule has 27 heavy (non-hydrogen) atoms. The topological polar surface area (TPSA) is 109 Å². The van der Waals surface area contributed by atoms with Crippen molar-refractivity contribution in [3.63, 3.8) is 0 Å². The third-order valence-corrected chi connectivity index (χ3v) is 5.23. The first-order valence-corrected chi connectivity index (χ1v) is 9.97. The van der Waals surface area contributed by atoms with Gasteiger partial charge in [0.2, 0.25) is 5.78 Å². The van der Waals surface area contributed by atoms with E-state index in [0.29, 0.717) is 4.88 Å². The fraction of sp³-hybridized carbons (Fsp3) is 0.333. The van der Waals surface area contributed by atoms with Crippen molar-refractivity contribution >= 4 is 45.8 Å². The van der Waals surface area contributed by atoms with Gasteiger partial charge in [-0.1, -0.05) is 29.4 Å². The summed E-state index contributed by atoms with van der Waals surface area (Å²) in [7, 11) is 0. The molecule has 0 aliphatic carbocycles. The van der Waals surface area contributed by atoms with Gasteiger partial charge in [0, 0.05) is 0 Å². The van der Waals surface area contributed by atoms with Crippen LogP contribution >= 0.6 is 22.7 Å². The number of esters is 1. The van der Waals surface area contributed by atoms with Crippen molar-refractivity contribution in [1.82, 2.24) is 0 Å². The fourth-order valence-corrected chi connectivity index (χ4v) is 3.60. The Balaban J connectivity index is 0.000000309. The first kappa shape index (κ1) is 22.5. The summed E-state index contributed by atoms with van der Waals surface area (Å²) in [6, 6.07) is 7.38. The van der Waals surface area contributed by atoms with Crippen LogP contribution in [-0.4, -0.2) is 40.2 Å². The highest BCUT2D eigenvalue weighted by Crippen LogP contribution is 2.17. The van der Waals surface area contributed by atoms with E-state index in [0.717, 1.165) is 17.0 Å². The quantitative estimate of drug-likeness (QED) is 0.235. The van der Waals surface area contributed by atoms with Crippen LogP contribution < -0.4 is 0 Å². The minimum atomic E-state index is -0.905. The lowest BCUT2D eigenvalue weighted by molar-refractivity contribution is -0.154. The summed E-state index contributed by atoms with van der Waals surface area (Å²) < 4.78 is 4.62. The Labute approximate surface area is 165 Å². The van der Waals surface area contributed by atoms with E-state index in [4.69, 9.17) is 10.4 Å². The summed E-state index contributed by atoms with van der Waals surface area (Å²) in [6.45, 7) is 5.24. The average Bonchev–Trinajstić information content (AvgIpc) is 3.38. The lowest BCUT2D eigenvalue weighted by Gasteiger charge is -2.09. The van der Waals surface area contributed by atoms with Crippen LogP contribution in [0.25, 0.3) is 0 Å². The molecule has 2 aromatic heterocycles. The number of Topliss-reactive ketones (excluding diaryl/α,β-unsaturated/α-hetero) is 1. The third kappa shape index (κ3) is 6.61. The van der Waals surface area contributed by atoms with Crippen LogP contribution in [0.3, 0.4) is 0 Å². The Bertz CT molecular complexity index is 768. The molecule has 0 bridgehead atoms. The lowest BCUT2D eigenvalue weighted by atomic mass is 9.99. The Kier molecular flexibility index (Phi) is 9.99. The molecule has 0 fully saturated rings. The number of ketones is 1. The first-order valence-electron chi connectivity index (χ1n) is 8.21. The molecule has 0 saturated heterocycles. The van der Waals surface area contributed by atoms with Gasteiger partial charge in [-0.25, -0.2) is 4.79 Å². The fourth-order valence-electron chi connectivity index (χ4n) is 2.01. The standard InChI is InChI=1S/C11H13NO4S.C7H9NOS/c1-3-16-11(14)10(13)7(2)9(12-15)8-5-4-6-17-8;1-2-6(8-9)7-4-3-5-10-7/h4-7,15H,3H2,1-2H3;3-5,9H,2H2,1H3. The molecule has 2 aromatic rings. The van der Waals surface area contributed by atoms with Crippen molar-refractivity contribution in [2.75, 3.05) is 6.61 Å². The van der Waals surface area contributed by atoms with Crippen molar-refractivity contribution in [3.8, 4) is 0 Å². The van der Waals surface area contributed by atoms with E-state index >= 15 is 0 Å². The summed E-state index contributed by atoms with van der Waals surface area (Å²) in [5, 5.41) is 27.4. The van der Waals surface area contributed by atoms with Gasteiger partial charge in [0.05, 0.1) is 28.0 Å². The maximum absolute atomic E-state index is 11.7. The molecule has 0 aromatic carbocycles. The van der Waals surface area contributed by atoms with Gasteiger partial charge in [-0.3, -0.25) is 4.79 Å². The number of hydrogen-bond donors (Lipinski definition) is 2. The summed E-state index contributed by atoms with van der Waals surface area (Å²) in [5.74, 6) is -2.44. The van der Waals surface area contributed by atoms with Crippen LogP contribution in [0.4, 0.5) is 0 Å². The minimum Gasteiger partial charge on any atom is -0.460 e. The molecule has 2 rings (SSSR count). The highest BCUT2D eigenvalue weighted by atomic mass is 32.1. The van der Waals surface area contributed by atoms with Crippen LogP contribution in [0.2, 0.25) is 0 Å². The molecule has 0 spiro atoms. The molecule has 2 heterocycles. The molecular formula is C18H22N2O5S2. The smallest absolute Gasteiger partial charge is 0.375 e. The van der Waals surface area contributed by atoms with Gasteiger partial charge in [0.25, 0.3) is 0 Å². The zero-order valence-electron chi connectivity index (χ0n) is 15.3. The molecule has 2 N–H and O–H groups in total. The molecule has 0 aliphatic heterocycles. The molecule has 9 heteroatoms. The third-order valence-electron chi connectivity index (χ3n) is 3.42. The number of hydrogen-bond acceptors (Lipinski definition) is 9. The molecular weight excluding hydrogens is 388 g/mol. The van der Waals surface area contributed by atoms with Gasteiger partial charge >= 0.3 is 5.97 Å². The zero-order chi connectivity index (χ0) is 20.2. The van der Waals surface area contributed by atoms with E-state index in [-0.39, 0.29) is 12.3 Å². The molecule has 0 saturated carbocycles. The van der Waals surface area contributed by atoms with Gasteiger partial charge in [-0.05, 0) is 43.2 Å². The second-order valence-electron chi connectivity index (χ2n) is 5.15. The number of rotatable bonds is 7. The maximum atomic E-state index is 11.7. The maximum Gasteiger partial charge on any atom is 0.375 e. The largest absolute Gasteiger partial charge is 0.460 e. The van der Waals surface area contributed by atoms with E-state index in [2.05, 4.69) is 15.0 Å². The molecule has 0 aliphatic rings. The van der Waals surface area contributed by atoms with Gasteiger partial charge in [-0.15, -0.1) is 22.7 Å². The van der Waals surface area contributed by atoms with Crippen molar-refractivity contribution < 1.29 is 24.7 Å². The molecule has 1 unspecified atom stereocenters. The summed E-state index contributed by atoms with van der Waals surface area (Å²) in [5.41, 5.74) is 0.938. The van der Waals surface area contributed by atoms with E-state index in [9.17, 15) is 9.59 Å². The van der Waals surface area contributed by atoms with Gasteiger partial charge < -0.3 is 15.2 Å². The number of carbonyl (C=O) groups excluding carboxylic acids is 2. The Morgan fingerprint density at radius 3 is 2.07 bits per heavy atom. The Morgan fingerprint density at radius 1 is 1.07 bits per heavy atom. The van der Waals surface area contributed by atoms with Crippen LogP contribution in [0.1, 0.15) is 36.9 Å². The molecule has 1 atom stereocenters. The zero-order valence-corrected chi connectivity index (χ0v) is 16.9. The normalized spacial score (nSPS) is 12.7. The predicted molar refractivity (Wildman–Crippen MR) is 106 cm³/mol. The average molecular weight is 411 g/mol. The number of oxime groups is 2. The second-order valence-corrected chi connectivity index (χ2v) is 7.04. The molecule has 7 nitrogen and oxygen atoms in total. The van der Waals surface area contributed by atoms with E-state index in [1.807, 2.05) is 24.4 Å². The van der Waals surface area contributed by atoms with E-state index in [1.54, 1.807) is 35.8 Å². The van der Waals surface area contributed by atoms with Crippen molar-refractivity contribution in [1.29, 1.82) is 0 Å². The monoisotopic (exact) mass is 410 g/mol. The SMILES string of the molecule is CCC(=NO)c1cccs1.CCOC(=O)C(=O)C(C)C(=NO)c1cccs1. The number of carbonyl (C=O) groups is 2. The van der Waals surface area contributed by atoms with Gasteiger partial charge in [0.15, 0.2) is 0 Å². The van der Waals surface area contributed by atoms with Crippen LogP contribution in [0.15, 0.2) is 45.3 Å². The summed E-state index contributed by atoms with van der Waals surface area (Å²) >= 11 is 2.92. The molecule has 0 amide bonds. The lowest BCUT2D eigenvalue weighted by Crippen LogP contribution is -2.29. The molecule has 146 valence electrons. The van der Waals surface area contributed by atoms with Crippen molar-refractivity contribution in [2.24, 2.45) is 16.2 Å². The number of ether oxygens (including phenoxy) is 1. The van der Waals surface area contributed by atoms with Crippen LogP contribution in [0.5, 0.6) is 0 Å². The van der Waals surface area contributed by atoms with E-state index < -0.39 is 17.7 Å². The number of thiophene rings is 2. The minimum absolute atomic E-state index is 0.141. The predicted octanol–water partition coefficient (Wildman–Crippen LogP) is 4.03. The first-order chi connectivity index (χ1) is 13.0.